The van der Waals surface area contributed by atoms with Crippen molar-refractivity contribution in [2.24, 2.45) is 23.5 Å². The Labute approximate surface area is 244 Å². The molecule has 1 aromatic carbocycles. The Morgan fingerprint density at radius 1 is 0.780 bits per heavy atom. The summed E-state index contributed by atoms with van der Waals surface area (Å²) < 4.78 is 26.7. The molecule has 0 heterocycles. The van der Waals surface area contributed by atoms with Crippen molar-refractivity contribution in [3.63, 3.8) is 0 Å². The maximum absolute atomic E-state index is 12.7. The highest BCUT2D eigenvalue weighted by molar-refractivity contribution is 5.77. The molecule has 1 rings (SSSR count). The van der Waals surface area contributed by atoms with Gasteiger partial charge < -0.3 is 29.4 Å². The van der Waals surface area contributed by atoms with Gasteiger partial charge in [-0.1, -0.05) is 60.5 Å². The molecule has 5 atom stereocenters. The van der Waals surface area contributed by atoms with Crippen LogP contribution in [0.5, 0.6) is 11.5 Å². The molecule has 0 aliphatic rings. The number of hydrogen-bond acceptors (Lipinski definition) is 10. The predicted octanol–water partition coefficient (Wildman–Crippen LogP) is 5.76. The van der Waals surface area contributed by atoms with E-state index in [0.29, 0.717) is 17.9 Å². The van der Waals surface area contributed by atoms with E-state index < -0.39 is 42.3 Å². The number of benzene rings is 1. The fourth-order valence-electron chi connectivity index (χ4n) is 3.39. The zero-order valence-corrected chi connectivity index (χ0v) is 25.9. The van der Waals surface area contributed by atoms with Crippen LogP contribution >= 0.6 is 0 Å². The van der Waals surface area contributed by atoms with Crippen molar-refractivity contribution in [1.82, 2.24) is 0 Å². The molecule has 2 N–H and O–H groups in total. The lowest BCUT2D eigenvalue weighted by molar-refractivity contribution is -0.155. The van der Waals surface area contributed by atoms with Crippen molar-refractivity contribution >= 4 is 24.1 Å². The number of hydrogen-bond donors (Lipinski definition) is 1. The number of esters is 3. The quantitative estimate of drug-likeness (QED) is 0.179. The fraction of sp³-hybridized carbons (Fsp3) is 0.677. The molecule has 0 bridgehead atoms. The highest BCUT2D eigenvalue weighted by Crippen LogP contribution is 2.31. The van der Waals surface area contributed by atoms with Gasteiger partial charge in [-0.15, -0.1) is 0 Å². The van der Waals surface area contributed by atoms with Crippen molar-refractivity contribution < 1.29 is 42.9 Å². The number of nitrogens with two attached hydrogens (primary N) is 1. The Morgan fingerprint density at radius 3 is 1.85 bits per heavy atom. The maximum atomic E-state index is 12.7. The number of carbonyl (C=O) groups is 4. The second-order valence-electron chi connectivity index (χ2n) is 11.2. The third kappa shape index (κ3) is 14.4. The zero-order chi connectivity index (χ0) is 31.1. The molecular weight excluding hydrogens is 530 g/mol. The number of rotatable bonds is 17. The van der Waals surface area contributed by atoms with Crippen LogP contribution in [0.3, 0.4) is 0 Å². The van der Waals surface area contributed by atoms with E-state index >= 15 is 0 Å². The van der Waals surface area contributed by atoms with Gasteiger partial charge in [-0.05, 0) is 62.1 Å². The van der Waals surface area contributed by atoms with Gasteiger partial charge in [0, 0.05) is 12.8 Å². The van der Waals surface area contributed by atoms with E-state index in [0.717, 1.165) is 12.8 Å². The van der Waals surface area contributed by atoms with Gasteiger partial charge in [0.2, 0.25) is 0 Å². The van der Waals surface area contributed by atoms with Crippen molar-refractivity contribution in [1.29, 1.82) is 0 Å². The molecule has 0 aliphatic heterocycles. The Morgan fingerprint density at radius 2 is 1.32 bits per heavy atom. The molecular formula is C31H49NO9. The fourth-order valence-corrected chi connectivity index (χ4v) is 3.39. The topological polar surface area (TPSA) is 140 Å². The lowest BCUT2D eigenvalue weighted by atomic mass is 10.0. The molecule has 0 spiro atoms. The van der Waals surface area contributed by atoms with Gasteiger partial charge in [0.25, 0.3) is 0 Å². The lowest BCUT2D eigenvalue weighted by Gasteiger charge is -2.22. The molecule has 0 aromatic heterocycles. The number of ether oxygens (including phenoxy) is 5. The molecule has 0 saturated carbocycles. The van der Waals surface area contributed by atoms with Gasteiger partial charge in [-0.3, -0.25) is 14.4 Å². The maximum Gasteiger partial charge on any atom is 0.508 e. The Hall–Kier alpha value is -3.14. The SMILES string of the molecule is CCC(C)CC(=O)Oc1ccc(C[C@H](N)C(=O)O[C@@H](C)[C@H](C)OC(=O)OCCC(C)C)cc1OC(=O)CC(C)CC. The van der Waals surface area contributed by atoms with Crippen LogP contribution in [0.15, 0.2) is 18.2 Å². The molecule has 0 saturated heterocycles. The molecule has 0 radical (unpaired) electrons. The molecule has 2 unspecified atom stereocenters. The van der Waals surface area contributed by atoms with Gasteiger partial charge in [0.05, 0.1) is 6.61 Å². The van der Waals surface area contributed by atoms with Gasteiger partial charge in [-0.2, -0.15) is 0 Å². The summed E-state index contributed by atoms with van der Waals surface area (Å²) in [6, 6.07) is 3.66. The Balaban J connectivity index is 2.88. The van der Waals surface area contributed by atoms with E-state index in [1.165, 1.54) is 12.1 Å². The zero-order valence-electron chi connectivity index (χ0n) is 25.9. The second-order valence-corrected chi connectivity index (χ2v) is 11.2. The first kappa shape index (κ1) is 35.9. The standard InChI is InChI=1S/C31H49NO9/c1-9-20(5)15-28(33)40-26-12-11-24(18-27(26)41-29(34)16-21(6)10-2)17-25(32)30(35)38-22(7)23(8)39-31(36)37-14-13-19(3)4/h11-12,18-23,25H,9-10,13-17,32H2,1-8H3/t20?,21?,22-,23-,25-/m0/s1. The van der Waals surface area contributed by atoms with Gasteiger partial charge in [0.15, 0.2) is 11.5 Å². The first-order valence-electron chi connectivity index (χ1n) is 14.6. The smallest absolute Gasteiger partial charge is 0.458 e. The summed E-state index contributed by atoms with van der Waals surface area (Å²) in [7, 11) is 0. The summed E-state index contributed by atoms with van der Waals surface area (Å²) in [6.45, 7) is 15.3. The summed E-state index contributed by atoms with van der Waals surface area (Å²) in [5, 5.41) is 0. The molecule has 10 nitrogen and oxygen atoms in total. The Bertz CT molecular complexity index is 994. The summed E-state index contributed by atoms with van der Waals surface area (Å²) in [5.74, 6) is -0.717. The van der Waals surface area contributed by atoms with Crippen LogP contribution in [-0.4, -0.2) is 48.9 Å². The molecule has 232 valence electrons. The summed E-state index contributed by atoms with van der Waals surface area (Å²) in [4.78, 5) is 49.5. The average molecular weight is 580 g/mol. The average Bonchev–Trinajstić information content (AvgIpc) is 2.89. The van der Waals surface area contributed by atoms with E-state index in [9.17, 15) is 19.2 Å². The monoisotopic (exact) mass is 579 g/mol. The first-order chi connectivity index (χ1) is 19.2. The van der Waals surface area contributed by atoms with E-state index in [2.05, 4.69) is 0 Å². The van der Waals surface area contributed by atoms with Crippen LogP contribution in [0.1, 0.15) is 93.1 Å². The normalized spacial score (nSPS) is 14.8. The molecule has 0 amide bonds. The highest BCUT2D eigenvalue weighted by Gasteiger charge is 2.25. The summed E-state index contributed by atoms with van der Waals surface area (Å²) in [5.41, 5.74) is 6.69. The third-order valence-corrected chi connectivity index (χ3v) is 6.80. The van der Waals surface area contributed by atoms with Crippen LogP contribution in [0.4, 0.5) is 4.79 Å². The second kappa shape index (κ2) is 18.3. The van der Waals surface area contributed by atoms with Crippen molar-refractivity contribution in [3.8, 4) is 11.5 Å². The van der Waals surface area contributed by atoms with Gasteiger partial charge in [0.1, 0.15) is 18.2 Å². The summed E-state index contributed by atoms with van der Waals surface area (Å²) >= 11 is 0. The number of carbonyl (C=O) groups excluding carboxylic acids is 4. The third-order valence-electron chi connectivity index (χ3n) is 6.80. The summed E-state index contributed by atoms with van der Waals surface area (Å²) in [6.07, 6.45) is 0.494. The van der Waals surface area contributed by atoms with Crippen molar-refractivity contribution in [2.75, 3.05) is 6.61 Å². The Kier molecular flexibility index (Phi) is 16.0. The minimum absolute atomic E-state index is 0.0645. The molecule has 0 fully saturated rings. The molecule has 41 heavy (non-hydrogen) atoms. The van der Waals surface area contributed by atoms with Gasteiger partial charge >= 0.3 is 24.1 Å². The van der Waals surface area contributed by atoms with Crippen LogP contribution in [0.2, 0.25) is 0 Å². The van der Waals surface area contributed by atoms with E-state index in [-0.39, 0.29) is 49.2 Å². The van der Waals surface area contributed by atoms with Crippen molar-refractivity contribution in [3.05, 3.63) is 23.8 Å². The van der Waals surface area contributed by atoms with Crippen LogP contribution < -0.4 is 15.2 Å². The van der Waals surface area contributed by atoms with Crippen molar-refractivity contribution in [2.45, 2.75) is 112 Å². The first-order valence-corrected chi connectivity index (χ1v) is 14.6. The van der Waals surface area contributed by atoms with E-state index in [4.69, 9.17) is 29.4 Å². The predicted molar refractivity (Wildman–Crippen MR) is 154 cm³/mol. The van der Waals surface area contributed by atoms with Crippen LogP contribution in [-0.2, 0) is 35.0 Å². The minimum Gasteiger partial charge on any atom is -0.458 e. The van der Waals surface area contributed by atoms with Crippen LogP contribution in [0.25, 0.3) is 0 Å². The largest absolute Gasteiger partial charge is 0.508 e. The van der Waals surface area contributed by atoms with E-state index in [1.807, 2.05) is 41.5 Å². The van der Waals surface area contributed by atoms with Crippen LogP contribution in [0, 0.1) is 17.8 Å². The van der Waals surface area contributed by atoms with E-state index in [1.54, 1.807) is 19.9 Å². The highest BCUT2D eigenvalue weighted by atomic mass is 16.7. The molecule has 0 aliphatic carbocycles. The molecule has 10 heteroatoms. The lowest BCUT2D eigenvalue weighted by Crippen LogP contribution is -2.39. The van der Waals surface area contributed by atoms with Gasteiger partial charge in [-0.25, -0.2) is 4.79 Å². The minimum atomic E-state index is -1.05. The molecule has 1 aromatic rings.